The Bertz CT molecular complexity index is 867. The van der Waals surface area contributed by atoms with Gasteiger partial charge in [-0.15, -0.1) is 0 Å². The van der Waals surface area contributed by atoms with Gasteiger partial charge in [0.05, 0.1) is 6.20 Å². The van der Waals surface area contributed by atoms with Gasteiger partial charge in [0.25, 0.3) is 0 Å². The summed E-state index contributed by atoms with van der Waals surface area (Å²) in [6.45, 7) is 3.72. The summed E-state index contributed by atoms with van der Waals surface area (Å²) in [6.07, 6.45) is 5.32. The average Bonchev–Trinajstić information content (AvgIpc) is 3.08. The Balaban J connectivity index is 1.63. The van der Waals surface area contributed by atoms with E-state index in [0.29, 0.717) is 24.5 Å². The summed E-state index contributed by atoms with van der Waals surface area (Å²) in [6, 6.07) is 5.33. The number of rotatable bonds is 5. The van der Waals surface area contributed by atoms with Crippen molar-refractivity contribution in [3.05, 3.63) is 65.3 Å². The van der Waals surface area contributed by atoms with Crippen molar-refractivity contribution in [3.8, 4) is 11.6 Å². The van der Waals surface area contributed by atoms with Gasteiger partial charge in [0, 0.05) is 18.7 Å². The average molecular weight is 339 g/mol. The van der Waals surface area contributed by atoms with Crippen molar-refractivity contribution in [3.63, 3.8) is 0 Å². The molecule has 3 aromatic rings. The topological polar surface area (TPSA) is 98.3 Å². The van der Waals surface area contributed by atoms with Crippen LogP contribution in [0, 0.1) is 13.8 Å². The highest BCUT2D eigenvalue weighted by Crippen LogP contribution is 2.23. The molecule has 0 aliphatic carbocycles. The summed E-state index contributed by atoms with van der Waals surface area (Å²) >= 11 is 0. The standard InChI is InChI=1S/C18H17N3O4/c1-11-7-13(8-12(2)17(11)22)3-4-15-20-9-14(24-15)18(23)25-16-5-6-19-10-21-16/h5-10,22H,3-4H2,1-2H3. The number of carbonyl (C=O) groups is 1. The first-order chi connectivity index (χ1) is 12.0. The van der Waals surface area contributed by atoms with Gasteiger partial charge in [-0.1, -0.05) is 12.1 Å². The minimum atomic E-state index is -0.659. The zero-order valence-corrected chi connectivity index (χ0v) is 13.9. The molecular weight excluding hydrogens is 322 g/mol. The van der Waals surface area contributed by atoms with Crippen LogP contribution in [0.5, 0.6) is 11.6 Å². The third-order valence-electron chi connectivity index (χ3n) is 3.69. The SMILES string of the molecule is Cc1cc(CCc2ncc(C(=O)Oc3ccncn3)o2)cc(C)c1O. The van der Waals surface area contributed by atoms with Crippen molar-refractivity contribution in [2.45, 2.75) is 26.7 Å². The lowest BCUT2D eigenvalue weighted by atomic mass is 10.0. The van der Waals surface area contributed by atoms with Gasteiger partial charge in [-0.05, 0) is 37.0 Å². The smallest absolute Gasteiger partial charge is 0.382 e. The highest BCUT2D eigenvalue weighted by atomic mass is 16.6. The molecule has 0 aliphatic heterocycles. The van der Waals surface area contributed by atoms with Crippen molar-refractivity contribution < 1.29 is 19.1 Å². The number of ether oxygens (including phenoxy) is 1. The monoisotopic (exact) mass is 339 g/mol. The molecular formula is C18H17N3O4. The number of aryl methyl sites for hydroxylation is 4. The van der Waals surface area contributed by atoms with Crippen molar-refractivity contribution in [1.29, 1.82) is 0 Å². The molecule has 1 N–H and O–H groups in total. The Hall–Kier alpha value is -3.22. The normalized spacial score (nSPS) is 10.6. The fourth-order valence-corrected chi connectivity index (χ4v) is 2.45. The number of oxazole rings is 1. The van der Waals surface area contributed by atoms with Crippen LogP contribution in [0.4, 0.5) is 0 Å². The van der Waals surface area contributed by atoms with Gasteiger partial charge in [-0.2, -0.15) is 0 Å². The number of hydrogen-bond donors (Lipinski definition) is 1. The first-order valence-electron chi connectivity index (χ1n) is 7.75. The van der Waals surface area contributed by atoms with E-state index in [0.717, 1.165) is 16.7 Å². The lowest BCUT2D eigenvalue weighted by Gasteiger charge is -2.07. The zero-order valence-electron chi connectivity index (χ0n) is 13.9. The maximum Gasteiger partial charge on any atom is 0.382 e. The number of esters is 1. The Morgan fingerprint density at radius 1 is 1.20 bits per heavy atom. The molecule has 0 unspecified atom stereocenters. The Labute approximate surface area is 144 Å². The van der Waals surface area contributed by atoms with Gasteiger partial charge in [0.15, 0.2) is 5.89 Å². The van der Waals surface area contributed by atoms with Crippen LogP contribution < -0.4 is 4.74 Å². The molecule has 7 nitrogen and oxygen atoms in total. The highest BCUT2D eigenvalue weighted by Gasteiger charge is 2.16. The molecule has 128 valence electrons. The molecule has 0 bridgehead atoms. The van der Waals surface area contributed by atoms with E-state index in [1.807, 2.05) is 26.0 Å². The summed E-state index contributed by atoms with van der Waals surface area (Å²) in [5.41, 5.74) is 2.73. The van der Waals surface area contributed by atoms with Gasteiger partial charge >= 0.3 is 5.97 Å². The number of benzene rings is 1. The van der Waals surface area contributed by atoms with Crippen LogP contribution in [0.2, 0.25) is 0 Å². The molecule has 0 spiro atoms. The Morgan fingerprint density at radius 2 is 1.96 bits per heavy atom. The summed E-state index contributed by atoms with van der Waals surface area (Å²) < 4.78 is 10.5. The van der Waals surface area contributed by atoms with Gasteiger partial charge in [-0.3, -0.25) is 0 Å². The summed E-state index contributed by atoms with van der Waals surface area (Å²) in [5, 5.41) is 9.81. The molecule has 0 fully saturated rings. The van der Waals surface area contributed by atoms with Crippen molar-refractivity contribution in [2.24, 2.45) is 0 Å². The van der Waals surface area contributed by atoms with E-state index in [1.165, 1.54) is 24.8 Å². The molecule has 2 aromatic heterocycles. The van der Waals surface area contributed by atoms with Crippen LogP contribution in [0.15, 0.2) is 41.3 Å². The minimum Gasteiger partial charge on any atom is -0.507 e. The van der Waals surface area contributed by atoms with E-state index in [4.69, 9.17) is 9.15 Å². The molecule has 0 radical (unpaired) electrons. The molecule has 25 heavy (non-hydrogen) atoms. The van der Waals surface area contributed by atoms with E-state index in [-0.39, 0.29) is 11.6 Å². The molecule has 0 amide bonds. The van der Waals surface area contributed by atoms with Gasteiger partial charge in [0.1, 0.15) is 12.1 Å². The van der Waals surface area contributed by atoms with Crippen molar-refractivity contribution in [1.82, 2.24) is 15.0 Å². The summed E-state index contributed by atoms with van der Waals surface area (Å²) in [4.78, 5) is 23.7. The van der Waals surface area contributed by atoms with Gasteiger partial charge in [0.2, 0.25) is 11.6 Å². The fraction of sp³-hybridized carbons (Fsp3) is 0.222. The second-order valence-electron chi connectivity index (χ2n) is 5.63. The molecule has 2 heterocycles. The third-order valence-corrected chi connectivity index (χ3v) is 3.69. The highest BCUT2D eigenvalue weighted by molar-refractivity contribution is 5.87. The predicted molar refractivity (Wildman–Crippen MR) is 88.5 cm³/mol. The first-order valence-corrected chi connectivity index (χ1v) is 7.75. The van der Waals surface area contributed by atoms with E-state index in [1.54, 1.807) is 0 Å². The van der Waals surface area contributed by atoms with Gasteiger partial charge in [-0.25, -0.2) is 19.7 Å². The number of nitrogens with zero attached hydrogens (tertiary/aromatic N) is 3. The first kappa shape index (κ1) is 16.6. The molecule has 1 aromatic carbocycles. The molecule has 7 heteroatoms. The largest absolute Gasteiger partial charge is 0.507 e. The van der Waals surface area contributed by atoms with Crippen LogP contribution >= 0.6 is 0 Å². The number of hydrogen-bond acceptors (Lipinski definition) is 7. The summed E-state index contributed by atoms with van der Waals surface area (Å²) in [5.74, 6) is 0.265. The van der Waals surface area contributed by atoms with E-state index < -0.39 is 5.97 Å². The second kappa shape index (κ2) is 7.12. The van der Waals surface area contributed by atoms with Crippen molar-refractivity contribution >= 4 is 5.97 Å². The van der Waals surface area contributed by atoms with Crippen LogP contribution in [0.3, 0.4) is 0 Å². The van der Waals surface area contributed by atoms with E-state index >= 15 is 0 Å². The second-order valence-corrected chi connectivity index (χ2v) is 5.63. The number of aromatic hydroxyl groups is 1. The molecule has 0 aliphatic rings. The number of carbonyl (C=O) groups excluding carboxylic acids is 1. The number of aromatic nitrogens is 3. The Kier molecular flexibility index (Phi) is 4.74. The molecule has 0 saturated heterocycles. The Morgan fingerprint density at radius 3 is 2.64 bits per heavy atom. The van der Waals surface area contributed by atoms with Crippen LogP contribution in [-0.2, 0) is 12.8 Å². The van der Waals surface area contributed by atoms with Crippen LogP contribution in [0.1, 0.15) is 33.1 Å². The minimum absolute atomic E-state index is 0.0201. The maximum absolute atomic E-state index is 12.0. The van der Waals surface area contributed by atoms with Gasteiger partial charge < -0.3 is 14.3 Å². The maximum atomic E-state index is 12.0. The third kappa shape index (κ3) is 4.00. The van der Waals surface area contributed by atoms with Crippen LogP contribution in [0.25, 0.3) is 0 Å². The lowest BCUT2D eigenvalue weighted by Crippen LogP contribution is -2.08. The number of phenolic OH excluding ortho intramolecular Hbond substituents is 1. The fourth-order valence-electron chi connectivity index (χ4n) is 2.45. The van der Waals surface area contributed by atoms with Crippen molar-refractivity contribution in [2.75, 3.05) is 0 Å². The van der Waals surface area contributed by atoms with E-state index in [9.17, 15) is 9.90 Å². The predicted octanol–water partition coefficient (Wildman–Crippen LogP) is 2.79. The number of phenols is 1. The quantitative estimate of drug-likeness (QED) is 0.714. The zero-order chi connectivity index (χ0) is 17.8. The molecule has 0 saturated carbocycles. The summed E-state index contributed by atoms with van der Waals surface area (Å²) in [7, 11) is 0. The van der Waals surface area contributed by atoms with Crippen LogP contribution in [-0.4, -0.2) is 26.0 Å². The lowest BCUT2D eigenvalue weighted by molar-refractivity contribution is 0.0692. The molecule has 0 atom stereocenters. The molecule has 3 rings (SSSR count). The van der Waals surface area contributed by atoms with E-state index in [2.05, 4.69) is 15.0 Å².